The number of amides is 2. The molecular formula is C26H28ClN9O7S2. The molecule has 1 unspecified atom stereocenters. The van der Waals surface area contributed by atoms with Crippen LogP contribution in [-0.2, 0) is 30.6 Å². The number of nitrogens with two attached hydrogens (primary N) is 1. The Kier molecular flexibility index (Phi) is 9.47. The van der Waals surface area contributed by atoms with Crippen molar-refractivity contribution in [2.75, 3.05) is 36.9 Å². The molecule has 3 aromatic rings. The molecule has 45 heavy (non-hydrogen) atoms. The molecule has 0 spiro atoms. The first-order valence-corrected chi connectivity index (χ1v) is 15.7. The molecule has 238 valence electrons. The molecule has 2 aliphatic heterocycles. The number of nitrogens with zero attached hydrogens (tertiary/aromatic N) is 4. The Balaban J connectivity index is 1.36. The third-order valence-electron chi connectivity index (χ3n) is 6.94. The number of anilines is 2. The van der Waals surface area contributed by atoms with Crippen LogP contribution in [0.3, 0.4) is 0 Å². The van der Waals surface area contributed by atoms with E-state index in [1.165, 1.54) is 18.7 Å². The number of carboxylic acid groups (broad SMARTS) is 2. The minimum Gasteiger partial charge on any atom is -0.543 e. The van der Waals surface area contributed by atoms with Gasteiger partial charge >= 0.3 is 5.97 Å². The van der Waals surface area contributed by atoms with Gasteiger partial charge in [-0.25, -0.2) is 9.78 Å². The third kappa shape index (κ3) is 6.53. The van der Waals surface area contributed by atoms with Crippen LogP contribution in [0.25, 0.3) is 11.0 Å². The second-order valence-corrected chi connectivity index (χ2v) is 12.7. The van der Waals surface area contributed by atoms with Gasteiger partial charge in [0.2, 0.25) is 11.6 Å². The zero-order valence-corrected chi connectivity index (χ0v) is 26.2. The van der Waals surface area contributed by atoms with Gasteiger partial charge in [0.25, 0.3) is 11.8 Å². The maximum Gasteiger partial charge on any atom is 0.347 e. The number of β-lactam (4-membered cyclic amide) rings is 1. The van der Waals surface area contributed by atoms with Gasteiger partial charge in [-0.05, 0) is 20.0 Å². The number of rotatable bonds is 13. The number of carboxylic acids is 2. The number of likely N-dealkylation sites (N-methyl/N-ethyl adjacent to an activating group) is 1. The number of oxime groups is 1. The van der Waals surface area contributed by atoms with E-state index >= 15 is 0 Å². The van der Waals surface area contributed by atoms with Crippen molar-refractivity contribution in [3.8, 4) is 0 Å². The molecule has 0 aliphatic carbocycles. The summed E-state index contributed by atoms with van der Waals surface area (Å²) in [5.74, 6) is -3.45. The standard InChI is InChI=1S/C26H28ClN9O7S2/c1-11(24(39)40)43-34-17(16-20(27)45-26(28)33-16)21(37)32-18-22(38)36-19(25(41)42)12(10-44-23(18)36)9-35-7-3-4-13-14(35)8-15(31-13)30-6-5-29-2/h3-4,7-8,11,18,23,29H,5-6,9-10H2,1-2H3,(H6,28,30,31,32,33,37,39,40,41,42)/b34-17-/t11-,18+,23?/m0/s1. The second-order valence-electron chi connectivity index (χ2n) is 9.95. The highest BCUT2D eigenvalue weighted by Gasteiger charge is 2.53. The topological polar surface area (TPSA) is 231 Å². The molecule has 5 heterocycles. The number of hydrogen-bond donors (Lipinski definition) is 6. The Bertz CT molecular complexity index is 1740. The van der Waals surface area contributed by atoms with Crippen LogP contribution in [0.4, 0.5) is 10.9 Å². The van der Waals surface area contributed by atoms with Crippen molar-refractivity contribution in [3.63, 3.8) is 0 Å². The lowest BCUT2D eigenvalue weighted by atomic mass is 10.0. The molecule has 0 saturated carbocycles. The average molecular weight is 678 g/mol. The number of H-pyrrole nitrogens is 1. The molecule has 0 bridgehead atoms. The van der Waals surface area contributed by atoms with E-state index < -0.39 is 47.0 Å². The van der Waals surface area contributed by atoms with Crippen LogP contribution in [0.15, 0.2) is 40.8 Å². The van der Waals surface area contributed by atoms with Gasteiger partial charge in [-0.3, -0.25) is 14.5 Å². The zero-order valence-electron chi connectivity index (χ0n) is 23.8. The number of aromatic amines is 1. The van der Waals surface area contributed by atoms with E-state index in [0.717, 1.165) is 39.6 Å². The monoisotopic (exact) mass is 677 g/mol. The minimum absolute atomic E-state index is 0.00999. The number of thiazole rings is 1. The minimum atomic E-state index is -1.52. The predicted molar refractivity (Wildman–Crippen MR) is 164 cm³/mol. The lowest BCUT2D eigenvalue weighted by molar-refractivity contribution is -0.663. The van der Waals surface area contributed by atoms with Crippen LogP contribution in [0.2, 0.25) is 4.34 Å². The Morgan fingerprint density at radius 2 is 2.18 bits per heavy atom. The number of hydrogen-bond acceptors (Lipinski definition) is 13. The SMILES string of the molecule is CNCCNc1cc2c(ccc[n+]2CC2=C(C(=O)[O-])N3C(=O)[C@@H](NC(=O)/C(=N\O[C@@H](C)C(=O)O)c4nc(N)sc4Cl)C3SC2)[nH]1. The van der Waals surface area contributed by atoms with E-state index in [4.69, 9.17) is 27.3 Å². The van der Waals surface area contributed by atoms with Crippen LogP contribution in [-0.4, -0.2) is 92.8 Å². The van der Waals surface area contributed by atoms with E-state index in [0.29, 0.717) is 12.1 Å². The van der Waals surface area contributed by atoms with Crippen molar-refractivity contribution in [1.82, 2.24) is 25.5 Å². The number of carbonyl (C=O) groups excluding carboxylic acids is 3. The van der Waals surface area contributed by atoms with E-state index in [1.807, 2.05) is 36.0 Å². The fourth-order valence-corrected chi connectivity index (χ4v) is 7.01. The van der Waals surface area contributed by atoms with Crippen LogP contribution >= 0.6 is 34.7 Å². The normalized spacial score (nSPS) is 18.8. The van der Waals surface area contributed by atoms with E-state index in [-0.39, 0.29) is 33.2 Å². The van der Waals surface area contributed by atoms with E-state index in [1.54, 1.807) is 0 Å². The highest BCUT2D eigenvalue weighted by atomic mass is 35.5. The van der Waals surface area contributed by atoms with Crippen LogP contribution in [0, 0.1) is 0 Å². The first kappa shape index (κ1) is 32.0. The Morgan fingerprint density at radius 1 is 1.40 bits per heavy atom. The molecule has 0 radical (unpaired) electrons. The number of pyridine rings is 1. The lowest BCUT2D eigenvalue weighted by Gasteiger charge is -2.50. The summed E-state index contributed by atoms with van der Waals surface area (Å²) < 4.78 is 1.87. The van der Waals surface area contributed by atoms with Crippen molar-refractivity contribution in [2.45, 2.75) is 31.0 Å². The van der Waals surface area contributed by atoms with E-state index in [9.17, 15) is 24.3 Å². The molecular weight excluding hydrogens is 650 g/mol. The number of thioether (sulfide) groups is 1. The fraction of sp³-hybridized carbons (Fsp3) is 0.346. The molecule has 3 atom stereocenters. The summed E-state index contributed by atoms with van der Waals surface area (Å²) in [5.41, 5.74) is 6.90. The third-order valence-corrected chi connectivity index (χ3v) is 9.36. The molecule has 16 nitrogen and oxygen atoms in total. The number of aliphatic carboxylic acids is 2. The number of fused-ring (bicyclic) bond motifs is 2. The second kappa shape index (κ2) is 13.3. The molecule has 3 aromatic heterocycles. The number of nitrogen functional groups attached to an aromatic ring is 1. The molecule has 2 aliphatic rings. The Hall–Kier alpha value is -4.39. The van der Waals surface area contributed by atoms with Gasteiger partial charge in [-0.1, -0.05) is 28.1 Å². The van der Waals surface area contributed by atoms with Gasteiger partial charge in [0.15, 0.2) is 23.6 Å². The molecule has 2 amide bonds. The number of aromatic nitrogens is 3. The number of halogens is 1. The maximum atomic E-state index is 13.3. The summed E-state index contributed by atoms with van der Waals surface area (Å²) in [6.07, 6.45) is 0.401. The smallest absolute Gasteiger partial charge is 0.347 e. The summed E-state index contributed by atoms with van der Waals surface area (Å²) >= 11 is 8.29. The van der Waals surface area contributed by atoms with Crippen molar-refractivity contribution < 1.29 is 38.8 Å². The Morgan fingerprint density at radius 3 is 2.84 bits per heavy atom. The van der Waals surface area contributed by atoms with Gasteiger partial charge in [0.05, 0.1) is 17.7 Å². The number of carbonyl (C=O) groups is 4. The summed E-state index contributed by atoms with van der Waals surface area (Å²) in [5, 5.41) is 33.3. The highest BCUT2D eigenvalue weighted by molar-refractivity contribution is 8.00. The van der Waals surface area contributed by atoms with Crippen molar-refractivity contribution in [3.05, 3.63) is 45.7 Å². The number of nitrogens with one attached hydrogen (secondary N) is 4. The van der Waals surface area contributed by atoms with Crippen molar-refractivity contribution in [2.24, 2.45) is 5.16 Å². The van der Waals surface area contributed by atoms with Gasteiger partial charge in [-0.2, -0.15) is 4.57 Å². The van der Waals surface area contributed by atoms with Gasteiger partial charge < -0.3 is 46.5 Å². The van der Waals surface area contributed by atoms with E-state index in [2.05, 4.69) is 31.1 Å². The predicted octanol–water partition coefficient (Wildman–Crippen LogP) is -0.923. The largest absolute Gasteiger partial charge is 0.543 e. The first-order chi connectivity index (χ1) is 21.5. The van der Waals surface area contributed by atoms with Crippen LogP contribution < -0.4 is 31.4 Å². The van der Waals surface area contributed by atoms with Crippen LogP contribution in [0.1, 0.15) is 12.6 Å². The highest BCUT2D eigenvalue weighted by Crippen LogP contribution is 2.40. The van der Waals surface area contributed by atoms with Gasteiger partial charge in [0.1, 0.15) is 32.8 Å². The van der Waals surface area contributed by atoms with Gasteiger partial charge in [0, 0.05) is 30.5 Å². The molecule has 19 heteroatoms. The quantitative estimate of drug-likeness (QED) is 0.0424. The first-order valence-electron chi connectivity index (χ1n) is 13.5. The fourth-order valence-electron chi connectivity index (χ4n) is 4.74. The molecule has 0 aromatic carbocycles. The average Bonchev–Trinajstić information content (AvgIpc) is 3.57. The zero-order chi connectivity index (χ0) is 32.4. The summed E-state index contributed by atoms with van der Waals surface area (Å²) in [6, 6.07) is 4.52. The summed E-state index contributed by atoms with van der Waals surface area (Å²) in [7, 11) is 1.86. The van der Waals surface area contributed by atoms with Crippen molar-refractivity contribution >= 4 is 86.1 Å². The summed E-state index contributed by atoms with van der Waals surface area (Å²) in [4.78, 5) is 63.5. The summed E-state index contributed by atoms with van der Waals surface area (Å²) in [6.45, 7) is 2.84. The lowest BCUT2D eigenvalue weighted by Crippen LogP contribution is -2.71. The molecule has 1 saturated heterocycles. The maximum absolute atomic E-state index is 13.3. The Labute approximate surface area is 268 Å². The van der Waals surface area contributed by atoms with Crippen molar-refractivity contribution in [1.29, 1.82) is 0 Å². The molecule has 7 N–H and O–H groups in total. The molecule has 1 fully saturated rings. The molecule has 5 rings (SSSR count). The van der Waals surface area contributed by atoms with Crippen LogP contribution in [0.5, 0.6) is 0 Å². The van der Waals surface area contributed by atoms with Gasteiger partial charge in [-0.15, -0.1) is 11.8 Å².